The predicted octanol–water partition coefficient (Wildman–Crippen LogP) is 3.82. The fourth-order valence-corrected chi connectivity index (χ4v) is 4.40. The van der Waals surface area contributed by atoms with Crippen molar-refractivity contribution >= 4 is 0 Å². The first-order valence-corrected chi connectivity index (χ1v) is 7.80. The molecule has 2 aliphatic carbocycles. The van der Waals surface area contributed by atoms with Crippen LogP contribution in [-0.4, -0.2) is 12.6 Å². The second kappa shape index (κ2) is 4.60. The highest BCUT2D eigenvalue weighted by Crippen LogP contribution is 2.66. The summed E-state index contributed by atoms with van der Waals surface area (Å²) in [5, 5.41) is 0. The molecule has 0 aromatic carbocycles. The summed E-state index contributed by atoms with van der Waals surface area (Å²) < 4.78 is 12.1. The minimum Gasteiger partial charge on any atom is -0.464 e. The minimum atomic E-state index is -0.110. The zero-order chi connectivity index (χ0) is 14.5. The van der Waals surface area contributed by atoms with Gasteiger partial charge < -0.3 is 14.9 Å². The molecule has 0 aliphatic heterocycles. The van der Waals surface area contributed by atoms with Gasteiger partial charge in [0.05, 0.1) is 6.10 Å². The third-order valence-electron chi connectivity index (χ3n) is 6.34. The lowest BCUT2D eigenvalue weighted by Crippen LogP contribution is -2.38. The molecular weight excluding hydrogens is 250 g/mol. The highest BCUT2D eigenvalue weighted by Gasteiger charge is 2.62. The topological polar surface area (TPSA) is 48.4 Å². The lowest BCUT2D eigenvalue weighted by atomic mass is 9.70. The molecule has 4 unspecified atom stereocenters. The Morgan fingerprint density at radius 3 is 2.60 bits per heavy atom. The van der Waals surface area contributed by atoms with Gasteiger partial charge in [0.1, 0.15) is 17.6 Å². The van der Waals surface area contributed by atoms with Gasteiger partial charge in [-0.25, -0.2) is 0 Å². The monoisotopic (exact) mass is 277 g/mol. The summed E-state index contributed by atoms with van der Waals surface area (Å²) in [5.74, 6) is 2.57. The van der Waals surface area contributed by atoms with Gasteiger partial charge in [0.2, 0.25) is 0 Å². The van der Waals surface area contributed by atoms with E-state index in [0.29, 0.717) is 18.1 Å². The average Bonchev–Trinajstić information content (AvgIpc) is 2.97. The number of nitrogens with two attached hydrogens (primary N) is 1. The molecular formula is C17H27NO2. The van der Waals surface area contributed by atoms with Gasteiger partial charge in [0.25, 0.3) is 0 Å². The molecule has 0 spiro atoms. The number of furan rings is 1. The Morgan fingerprint density at radius 1 is 1.40 bits per heavy atom. The van der Waals surface area contributed by atoms with Crippen molar-refractivity contribution < 1.29 is 9.15 Å². The van der Waals surface area contributed by atoms with Crippen molar-refractivity contribution in [2.24, 2.45) is 22.5 Å². The van der Waals surface area contributed by atoms with E-state index in [1.807, 2.05) is 19.1 Å². The van der Waals surface area contributed by atoms with Crippen LogP contribution in [0.25, 0.3) is 0 Å². The van der Waals surface area contributed by atoms with Crippen LogP contribution in [0.1, 0.15) is 57.7 Å². The van der Waals surface area contributed by atoms with Crippen molar-refractivity contribution in [2.45, 2.75) is 59.2 Å². The summed E-state index contributed by atoms with van der Waals surface area (Å²) in [4.78, 5) is 0. The molecule has 3 heteroatoms. The van der Waals surface area contributed by atoms with E-state index in [0.717, 1.165) is 17.4 Å². The van der Waals surface area contributed by atoms with E-state index in [1.54, 1.807) is 0 Å². The van der Waals surface area contributed by atoms with E-state index in [2.05, 4.69) is 20.8 Å². The maximum absolute atomic E-state index is 6.41. The van der Waals surface area contributed by atoms with Gasteiger partial charge in [0.15, 0.2) is 0 Å². The van der Waals surface area contributed by atoms with Crippen molar-refractivity contribution in [3.8, 4) is 0 Å². The second-order valence-corrected chi connectivity index (χ2v) is 7.41. The summed E-state index contributed by atoms with van der Waals surface area (Å²) in [6.45, 7) is 9.64. The van der Waals surface area contributed by atoms with Crippen molar-refractivity contribution in [1.82, 2.24) is 0 Å². The largest absolute Gasteiger partial charge is 0.464 e. The maximum Gasteiger partial charge on any atom is 0.134 e. The van der Waals surface area contributed by atoms with Crippen LogP contribution in [0.3, 0.4) is 0 Å². The number of ether oxygens (including phenoxy) is 1. The Hall–Kier alpha value is -0.800. The number of hydrogen-bond acceptors (Lipinski definition) is 3. The van der Waals surface area contributed by atoms with Crippen LogP contribution in [0, 0.1) is 23.7 Å². The van der Waals surface area contributed by atoms with Crippen molar-refractivity contribution in [3.63, 3.8) is 0 Å². The summed E-state index contributed by atoms with van der Waals surface area (Å²) in [6, 6.07) is 3.97. The number of hydrogen-bond donors (Lipinski definition) is 1. The molecule has 4 atom stereocenters. The van der Waals surface area contributed by atoms with Crippen molar-refractivity contribution in [3.05, 3.63) is 23.7 Å². The summed E-state index contributed by atoms with van der Waals surface area (Å²) in [6.07, 6.45) is 3.97. The van der Waals surface area contributed by atoms with Crippen LogP contribution < -0.4 is 5.73 Å². The Bertz CT molecular complexity index is 493. The Morgan fingerprint density at radius 2 is 2.15 bits per heavy atom. The zero-order valence-electron chi connectivity index (χ0n) is 13.1. The molecule has 2 bridgehead atoms. The van der Waals surface area contributed by atoms with E-state index >= 15 is 0 Å². The SMILES string of the molecule is Cc1ccc(C(CN)OC2CC3CCC2(C)C3(C)C)o1. The number of rotatable bonds is 4. The molecule has 0 amide bonds. The third-order valence-corrected chi connectivity index (χ3v) is 6.34. The fraction of sp³-hybridized carbons (Fsp3) is 0.765. The lowest BCUT2D eigenvalue weighted by Gasteiger charge is -2.40. The Balaban J connectivity index is 1.78. The van der Waals surface area contributed by atoms with Crippen LogP contribution in [0.2, 0.25) is 0 Å². The molecule has 1 aromatic heterocycles. The molecule has 1 aromatic rings. The van der Waals surface area contributed by atoms with Gasteiger partial charge in [0, 0.05) is 6.54 Å². The average molecular weight is 277 g/mol. The van der Waals surface area contributed by atoms with E-state index in [4.69, 9.17) is 14.9 Å². The van der Waals surface area contributed by atoms with E-state index in [-0.39, 0.29) is 11.5 Å². The van der Waals surface area contributed by atoms with Gasteiger partial charge in [-0.2, -0.15) is 0 Å². The number of aryl methyl sites for hydroxylation is 1. The van der Waals surface area contributed by atoms with Gasteiger partial charge in [-0.05, 0) is 55.1 Å². The third kappa shape index (κ3) is 1.86. The molecule has 2 aliphatic rings. The Labute approximate surface area is 121 Å². The smallest absolute Gasteiger partial charge is 0.134 e. The molecule has 2 saturated carbocycles. The maximum atomic E-state index is 6.41. The van der Waals surface area contributed by atoms with Crippen molar-refractivity contribution in [1.29, 1.82) is 0 Å². The molecule has 0 radical (unpaired) electrons. The normalized spacial score (nSPS) is 36.5. The molecule has 2 fully saturated rings. The van der Waals surface area contributed by atoms with Gasteiger partial charge >= 0.3 is 0 Å². The standard InChI is InChI=1S/C17H27NO2/c1-11-5-6-13(19-11)14(10-18)20-15-9-12-7-8-17(15,4)16(12,2)3/h5-6,12,14-15H,7-10,18H2,1-4H3. The number of fused-ring (bicyclic) bond motifs is 2. The fourth-order valence-electron chi connectivity index (χ4n) is 4.40. The van der Waals surface area contributed by atoms with Gasteiger partial charge in [-0.15, -0.1) is 0 Å². The van der Waals surface area contributed by atoms with Crippen LogP contribution in [0.5, 0.6) is 0 Å². The highest BCUT2D eigenvalue weighted by molar-refractivity contribution is 5.13. The zero-order valence-corrected chi connectivity index (χ0v) is 13.1. The first-order chi connectivity index (χ1) is 9.38. The molecule has 3 rings (SSSR count). The quantitative estimate of drug-likeness (QED) is 0.910. The molecule has 2 N–H and O–H groups in total. The molecule has 20 heavy (non-hydrogen) atoms. The van der Waals surface area contributed by atoms with Crippen molar-refractivity contribution in [2.75, 3.05) is 6.54 Å². The van der Waals surface area contributed by atoms with Crippen LogP contribution in [0.15, 0.2) is 16.5 Å². The first-order valence-electron chi connectivity index (χ1n) is 7.80. The molecule has 112 valence electrons. The van der Waals surface area contributed by atoms with Crippen LogP contribution in [0.4, 0.5) is 0 Å². The molecule has 1 heterocycles. The highest BCUT2D eigenvalue weighted by atomic mass is 16.5. The first kappa shape index (κ1) is 14.2. The molecule has 3 nitrogen and oxygen atoms in total. The summed E-state index contributed by atoms with van der Waals surface area (Å²) in [5.41, 5.74) is 6.56. The minimum absolute atomic E-state index is 0.110. The summed E-state index contributed by atoms with van der Waals surface area (Å²) in [7, 11) is 0. The van der Waals surface area contributed by atoms with Gasteiger partial charge in [-0.3, -0.25) is 0 Å². The molecule has 0 saturated heterocycles. The van der Waals surface area contributed by atoms with Crippen LogP contribution >= 0.6 is 0 Å². The summed E-state index contributed by atoms with van der Waals surface area (Å²) >= 11 is 0. The predicted molar refractivity (Wildman–Crippen MR) is 79.3 cm³/mol. The van der Waals surface area contributed by atoms with Gasteiger partial charge in [-0.1, -0.05) is 20.8 Å². The van der Waals surface area contributed by atoms with E-state index < -0.39 is 0 Å². The lowest BCUT2D eigenvalue weighted by molar-refractivity contribution is -0.0909. The van der Waals surface area contributed by atoms with Crippen LogP contribution in [-0.2, 0) is 4.74 Å². The van der Waals surface area contributed by atoms with E-state index in [1.165, 1.54) is 19.3 Å². The Kier molecular flexibility index (Phi) is 3.26. The second-order valence-electron chi connectivity index (χ2n) is 7.41. The van der Waals surface area contributed by atoms with E-state index in [9.17, 15) is 0 Å².